The van der Waals surface area contributed by atoms with Crippen molar-refractivity contribution in [2.24, 2.45) is 0 Å². The molecule has 4 nitrogen and oxygen atoms in total. The molecule has 0 radical (unpaired) electrons. The molecule has 0 aromatic heterocycles. The minimum atomic E-state index is -0.722. The monoisotopic (exact) mass is 283 g/mol. The lowest BCUT2D eigenvalue weighted by Gasteiger charge is -2.38. The first-order valence-corrected chi connectivity index (χ1v) is 6.67. The number of methoxy groups -OCH3 is 1. The Morgan fingerprint density at radius 3 is 2.74 bits per heavy atom. The molecule has 1 aliphatic heterocycles. The number of benzene rings is 1. The topological polar surface area (TPSA) is 47.6 Å². The van der Waals surface area contributed by atoms with Gasteiger partial charge in [0.15, 0.2) is 0 Å². The molecule has 19 heavy (non-hydrogen) atoms. The number of hydrogen-bond acceptors (Lipinski definition) is 4. The first kappa shape index (κ1) is 14.2. The van der Waals surface area contributed by atoms with Crippen molar-refractivity contribution in [3.8, 4) is 0 Å². The van der Waals surface area contributed by atoms with E-state index in [2.05, 4.69) is 5.32 Å². The highest BCUT2D eigenvalue weighted by atomic mass is 35.5. The molecular formula is C14H18ClNO3. The molecule has 0 saturated carbocycles. The second-order valence-electron chi connectivity index (χ2n) is 4.84. The van der Waals surface area contributed by atoms with Crippen LogP contribution in [0.25, 0.3) is 0 Å². The molecule has 5 heteroatoms. The first-order valence-electron chi connectivity index (χ1n) is 6.29. The summed E-state index contributed by atoms with van der Waals surface area (Å²) in [5.41, 5.74) is 0.129. The van der Waals surface area contributed by atoms with E-state index in [1.54, 1.807) is 12.1 Å². The molecule has 1 N–H and O–H groups in total. The number of carbonyl (C=O) groups is 1. The highest BCUT2D eigenvalue weighted by molar-refractivity contribution is 6.30. The van der Waals surface area contributed by atoms with Crippen LogP contribution in [0.3, 0.4) is 0 Å². The van der Waals surface area contributed by atoms with Gasteiger partial charge in [-0.2, -0.15) is 0 Å². The van der Waals surface area contributed by atoms with E-state index in [-0.39, 0.29) is 12.1 Å². The smallest absolute Gasteiger partial charge is 0.331 e. The summed E-state index contributed by atoms with van der Waals surface area (Å²) < 4.78 is 10.5. The summed E-state index contributed by atoms with van der Waals surface area (Å²) in [6.07, 6.45) is 1.20. The van der Waals surface area contributed by atoms with E-state index >= 15 is 0 Å². The van der Waals surface area contributed by atoms with Gasteiger partial charge >= 0.3 is 5.97 Å². The van der Waals surface area contributed by atoms with Gasteiger partial charge in [0, 0.05) is 30.2 Å². The zero-order chi connectivity index (χ0) is 13.9. The van der Waals surface area contributed by atoms with E-state index in [0.29, 0.717) is 24.5 Å². The summed E-state index contributed by atoms with van der Waals surface area (Å²) in [4.78, 5) is 12.1. The molecular weight excluding hydrogens is 266 g/mol. The maximum absolute atomic E-state index is 12.1. The van der Waals surface area contributed by atoms with Crippen LogP contribution in [-0.4, -0.2) is 31.3 Å². The molecule has 1 aliphatic rings. The molecule has 2 unspecified atom stereocenters. The van der Waals surface area contributed by atoms with Gasteiger partial charge in [0.05, 0.1) is 13.2 Å². The molecule has 0 aliphatic carbocycles. The van der Waals surface area contributed by atoms with E-state index in [0.717, 1.165) is 5.69 Å². The van der Waals surface area contributed by atoms with E-state index in [1.807, 2.05) is 19.1 Å². The lowest BCUT2D eigenvalue weighted by molar-refractivity contribution is -0.151. The average molecular weight is 284 g/mol. The van der Waals surface area contributed by atoms with Crippen LogP contribution in [0.2, 0.25) is 5.02 Å². The zero-order valence-electron chi connectivity index (χ0n) is 11.1. The third-order valence-electron chi connectivity index (χ3n) is 3.37. The second-order valence-corrected chi connectivity index (χ2v) is 5.28. The van der Waals surface area contributed by atoms with Crippen LogP contribution >= 0.6 is 11.6 Å². The van der Waals surface area contributed by atoms with Crippen molar-refractivity contribution in [2.45, 2.75) is 31.4 Å². The third-order valence-corrected chi connectivity index (χ3v) is 3.62. The average Bonchev–Trinajstić information content (AvgIpc) is 2.40. The van der Waals surface area contributed by atoms with E-state index in [9.17, 15) is 4.79 Å². The Labute approximate surface area is 118 Å². The van der Waals surface area contributed by atoms with Crippen molar-refractivity contribution in [1.82, 2.24) is 0 Å². The minimum Gasteiger partial charge on any atom is -0.467 e. The van der Waals surface area contributed by atoms with Crippen molar-refractivity contribution in [3.05, 3.63) is 29.3 Å². The standard InChI is InChI=1S/C14H18ClNO3/c1-10-9-14(7-8-19-10,13(17)18-2)16-12-5-3-11(15)4-6-12/h3-6,10,16H,7-9H2,1-2H3. The molecule has 2 atom stereocenters. The summed E-state index contributed by atoms with van der Waals surface area (Å²) in [5.74, 6) is -0.252. The van der Waals surface area contributed by atoms with Gasteiger partial charge < -0.3 is 14.8 Å². The van der Waals surface area contributed by atoms with Gasteiger partial charge in [0.25, 0.3) is 0 Å². The molecule has 1 aromatic carbocycles. The number of hydrogen-bond donors (Lipinski definition) is 1. The quantitative estimate of drug-likeness (QED) is 0.867. The molecule has 2 rings (SSSR count). The third kappa shape index (κ3) is 3.19. The van der Waals surface area contributed by atoms with Crippen LogP contribution in [0.1, 0.15) is 19.8 Å². The Morgan fingerprint density at radius 1 is 1.47 bits per heavy atom. The summed E-state index contributed by atoms with van der Waals surface area (Å²) in [6.45, 7) is 2.50. The van der Waals surface area contributed by atoms with Gasteiger partial charge in [0.1, 0.15) is 5.54 Å². The Kier molecular flexibility index (Phi) is 4.32. The fraction of sp³-hybridized carbons (Fsp3) is 0.500. The largest absolute Gasteiger partial charge is 0.467 e. The zero-order valence-corrected chi connectivity index (χ0v) is 11.9. The number of nitrogens with one attached hydrogen (secondary N) is 1. The molecule has 0 amide bonds. The van der Waals surface area contributed by atoms with Crippen LogP contribution in [-0.2, 0) is 14.3 Å². The summed E-state index contributed by atoms with van der Waals surface area (Å²) in [5, 5.41) is 3.95. The van der Waals surface area contributed by atoms with Crippen molar-refractivity contribution in [3.63, 3.8) is 0 Å². The molecule has 104 valence electrons. The number of anilines is 1. The summed E-state index contributed by atoms with van der Waals surface area (Å²) >= 11 is 5.86. The van der Waals surface area contributed by atoms with Gasteiger partial charge in [0.2, 0.25) is 0 Å². The van der Waals surface area contributed by atoms with Crippen molar-refractivity contribution < 1.29 is 14.3 Å². The Hall–Kier alpha value is -1.26. The van der Waals surface area contributed by atoms with Crippen LogP contribution < -0.4 is 5.32 Å². The Morgan fingerprint density at radius 2 is 2.16 bits per heavy atom. The van der Waals surface area contributed by atoms with Crippen molar-refractivity contribution in [2.75, 3.05) is 19.0 Å². The molecule has 1 saturated heterocycles. The van der Waals surface area contributed by atoms with E-state index in [1.165, 1.54) is 7.11 Å². The van der Waals surface area contributed by atoms with Crippen LogP contribution in [0.5, 0.6) is 0 Å². The van der Waals surface area contributed by atoms with Gasteiger partial charge in [-0.05, 0) is 31.2 Å². The van der Waals surface area contributed by atoms with Gasteiger partial charge in [-0.3, -0.25) is 0 Å². The molecule has 1 fully saturated rings. The maximum atomic E-state index is 12.1. The fourth-order valence-electron chi connectivity index (χ4n) is 2.44. The van der Waals surface area contributed by atoms with E-state index in [4.69, 9.17) is 21.1 Å². The molecule has 1 aromatic rings. The van der Waals surface area contributed by atoms with Crippen LogP contribution in [0, 0.1) is 0 Å². The number of halogens is 1. The minimum absolute atomic E-state index is 0.0210. The molecule has 0 spiro atoms. The fourth-order valence-corrected chi connectivity index (χ4v) is 2.57. The van der Waals surface area contributed by atoms with Crippen molar-refractivity contribution >= 4 is 23.3 Å². The second kappa shape index (κ2) is 5.80. The van der Waals surface area contributed by atoms with Gasteiger partial charge in [-0.1, -0.05) is 11.6 Å². The summed E-state index contributed by atoms with van der Waals surface area (Å²) in [7, 11) is 1.41. The SMILES string of the molecule is COC(=O)C1(Nc2ccc(Cl)cc2)CCOC(C)C1. The Bertz CT molecular complexity index is 449. The van der Waals surface area contributed by atoms with Gasteiger partial charge in [-0.25, -0.2) is 4.79 Å². The number of ether oxygens (including phenoxy) is 2. The first-order chi connectivity index (χ1) is 9.05. The number of rotatable bonds is 3. The number of esters is 1. The predicted molar refractivity (Wildman–Crippen MR) is 74.5 cm³/mol. The highest BCUT2D eigenvalue weighted by Crippen LogP contribution is 2.30. The normalized spacial score (nSPS) is 26.8. The van der Waals surface area contributed by atoms with Gasteiger partial charge in [-0.15, -0.1) is 0 Å². The lowest BCUT2D eigenvalue weighted by Crippen LogP contribution is -2.53. The maximum Gasteiger partial charge on any atom is 0.331 e. The number of carbonyl (C=O) groups excluding carboxylic acids is 1. The lowest BCUT2D eigenvalue weighted by atomic mass is 9.86. The van der Waals surface area contributed by atoms with Crippen LogP contribution in [0.4, 0.5) is 5.69 Å². The van der Waals surface area contributed by atoms with Crippen LogP contribution in [0.15, 0.2) is 24.3 Å². The van der Waals surface area contributed by atoms with E-state index < -0.39 is 5.54 Å². The highest BCUT2D eigenvalue weighted by Gasteiger charge is 2.43. The predicted octanol–water partition coefficient (Wildman–Crippen LogP) is 2.86. The molecule has 1 heterocycles. The molecule has 0 bridgehead atoms. The van der Waals surface area contributed by atoms with Crippen molar-refractivity contribution in [1.29, 1.82) is 0 Å². The summed E-state index contributed by atoms with van der Waals surface area (Å²) in [6, 6.07) is 7.29. The Balaban J connectivity index is 2.22.